The van der Waals surface area contributed by atoms with Crippen molar-refractivity contribution in [2.75, 3.05) is 31.2 Å². The molecule has 1 N–H and O–H groups in total. The van der Waals surface area contributed by atoms with E-state index in [1.165, 1.54) is 0 Å². The van der Waals surface area contributed by atoms with Crippen LogP contribution in [0.4, 0.5) is 5.69 Å². The van der Waals surface area contributed by atoms with Crippen LogP contribution in [-0.2, 0) is 9.47 Å². The molecule has 0 aliphatic carbocycles. The van der Waals surface area contributed by atoms with Crippen molar-refractivity contribution >= 4 is 23.3 Å². The van der Waals surface area contributed by atoms with Gasteiger partial charge in [0.1, 0.15) is 0 Å². The second kappa shape index (κ2) is 5.24. The summed E-state index contributed by atoms with van der Waals surface area (Å²) < 4.78 is 11.4. The SMILES string of the molecule is O=C(O)c1ccc(Cl)cc1N1CCC2(CC1)OCCO2. The molecule has 0 radical (unpaired) electrons. The molecule has 3 rings (SSSR count). The molecule has 0 bridgehead atoms. The largest absolute Gasteiger partial charge is 0.478 e. The molecule has 20 heavy (non-hydrogen) atoms. The first-order valence-corrected chi connectivity index (χ1v) is 7.03. The van der Waals surface area contributed by atoms with Gasteiger partial charge in [-0.25, -0.2) is 4.79 Å². The molecule has 0 unspecified atom stereocenters. The Kier molecular flexibility index (Phi) is 3.58. The van der Waals surface area contributed by atoms with E-state index in [1.54, 1.807) is 18.2 Å². The topological polar surface area (TPSA) is 59.0 Å². The molecule has 2 saturated heterocycles. The van der Waals surface area contributed by atoms with Crippen LogP contribution in [-0.4, -0.2) is 43.2 Å². The minimum Gasteiger partial charge on any atom is -0.478 e. The number of ether oxygens (including phenoxy) is 2. The average molecular weight is 298 g/mol. The van der Waals surface area contributed by atoms with Crippen LogP contribution in [0.5, 0.6) is 0 Å². The number of aromatic carboxylic acids is 1. The molecule has 1 aromatic carbocycles. The number of anilines is 1. The maximum absolute atomic E-state index is 11.3. The molecule has 108 valence electrons. The second-order valence-corrected chi connectivity index (χ2v) is 5.50. The number of benzene rings is 1. The molecule has 2 aliphatic rings. The van der Waals surface area contributed by atoms with E-state index in [2.05, 4.69) is 0 Å². The lowest BCUT2D eigenvalue weighted by atomic mass is 10.0. The van der Waals surface area contributed by atoms with Gasteiger partial charge >= 0.3 is 5.97 Å². The molecule has 0 saturated carbocycles. The summed E-state index contributed by atoms with van der Waals surface area (Å²) in [6.45, 7) is 2.66. The van der Waals surface area contributed by atoms with E-state index in [-0.39, 0.29) is 5.56 Å². The Balaban J connectivity index is 1.80. The zero-order valence-corrected chi connectivity index (χ0v) is 11.7. The molecule has 1 aromatic rings. The fourth-order valence-electron chi connectivity index (χ4n) is 2.82. The van der Waals surface area contributed by atoms with Crippen molar-refractivity contribution in [3.63, 3.8) is 0 Å². The van der Waals surface area contributed by atoms with E-state index in [4.69, 9.17) is 21.1 Å². The Hall–Kier alpha value is -1.30. The number of rotatable bonds is 2. The lowest BCUT2D eigenvalue weighted by molar-refractivity contribution is -0.169. The van der Waals surface area contributed by atoms with Crippen molar-refractivity contribution in [3.8, 4) is 0 Å². The summed E-state index contributed by atoms with van der Waals surface area (Å²) in [5.74, 6) is -1.40. The summed E-state index contributed by atoms with van der Waals surface area (Å²) in [5, 5.41) is 9.81. The van der Waals surface area contributed by atoms with Gasteiger partial charge in [0, 0.05) is 31.0 Å². The number of halogens is 1. The standard InChI is InChI=1S/C14H16ClNO4/c15-10-1-2-11(13(17)18)12(9-10)16-5-3-14(4-6-16)19-7-8-20-14/h1-2,9H,3-8H2,(H,17,18). The molecule has 2 aliphatic heterocycles. The second-order valence-electron chi connectivity index (χ2n) is 5.06. The first-order valence-electron chi connectivity index (χ1n) is 6.65. The fraction of sp³-hybridized carbons (Fsp3) is 0.500. The highest BCUT2D eigenvalue weighted by Gasteiger charge is 2.40. The third kappa shape index (κ3) is 2.49. The van der Waals surface area contributed by atoms with Crippen LogP contribution in [0.2, 0.25) is 5.02 Å². The van der Waals surface area contributed by atoms with Gasteiger partial charge in [0.15, 0.2) is 5.79 Å². The molecule has 1 spiro atoms. The van der Waals surface area contributed by atoms with Crippen LogP contribution in [0.1, 0.15) is 23.2 Å². The van der Waals surface area contributed by atoms with Crippen molar-refractivity contribution in [2.45, 2.75) is 18.6 Å². The molecule has 6 heteroatoms. The van der Waals surface area contributed by atoms with Crippen LogP contribution >= 0.6 is 11.6 Å². The zero-order chi connectivity index (χ0) is 14.2. The Labute approximate surface area is 122 Å². The smallest absolute Gasteiger partial charge is 0.337 e. The van der Waals surface area contributed by atoms with Crippen LogP contribution in [0.25, 0.3) is 0 Å². The number of piperidine rings is 1. The monoisotopic (exact) mass is 297 g/mol. The highest BCUT2D eigenvalue weighted by Crippen LogP contribution is 2.35. The summed E-state index contributed by atoms with van der Waals surface area (Å²) in [7, 11) is 0. The van der Waals surface area contributed by atoms with Crippen molar-refractivity contribution in [1.82, 2.24) is 0 Å². The van der Waals surface area contributed by atoms with Gasteiger partial charge in [-0.2, -0.15) is 0 Å². The van der Waals surface area contributed by atoms with Gasteiger partial charge in [-0.05, 0) is 18.2 Å². The van der Waals surface area contributed by atoms with Gasteiger partial charge in [0.05, 0.1) is 24.5 Å². The summed E-state index contributed by atoms with van der Waals surface area (Å²) in [6, 6.07) is 4.86. The van der Waals surface area contributed by atoms with E-state index >= 15 is 0 Å². The first kappa shape index (κ1) is 13.7. The van der Waals surface area contributed by atoms with E-state index < -0.39 is 11.8 Å². The van der Waals surface area contributed by atoms with E-state index in [1.807, 2.05) is 4.90 Å². The summed E-state index contributed by atoms with van der Waals surface area (Å²) in [4.78, 5) is 13.3. The molecule has 0 aromatic heterocycles. The molecule has 2 fully saturated rings. The molecule has 2 heterocycles. The van der Waals surface area contributed by atoms with Crippen LogP contribution in [0.15, 0.2) is 18.2 Å². The van der Waals surface area contributed by atoms with Crippen molar-refractivity contribution in [3.05, 3.63) is 28.8 Å². The van der Waals surface area contributed by atoms with Crippen molar-refractivity contribution in [1.29, 1.82) is 0 Å². The molecular formula is C14H16ClNO4. The maximum Gasteiger partial charge on any atom is 0.337 e. The van der Waals surface area contributed by atoms with E-state index in [9.17, 15) is 9.90 Å². The number of hydrogen-bond donors (Lipinski definition) is 1. The summed E-state index contributed by atoms with van der Waals surface area (Å²) in [5.41, 5.74) is 0.941. The lowest BCUT2D eigenvalue weighted by Crippen LogP contribution is -2.45. The summed E-state index contributed by atoms with van der Waals surface area (Å²) in [6.07, 6.45) is 1.47. The number of carboxylic acid groups (broad SMARTS) is 1. The fourth-order valence-corrected chi connectivity index (χ4v) is 2.99. The number of carboxylic acids is 1. The molecule has 5 nitrogen and oxygen atoms in total. The van der Waals surface area contributed by atoms with Gasteiger partial charge < -0.3 is 19.5 Å². The van der Waals surface area contributed by atoms with Gasteiger partial charge in [-0.1, -0.05) is 11.6 Å². The highest BCUT2D eigenvalue weighted by atomic mass is 35.5. The van der Waals surface area contributed by atoms with E-state index in [0.717, 1.165) is 12.8 Å². The predicted octanol–water partition coefficient (Wildman–Crippen LogP) is 2.38. The van der Waals surface area contributed by atoms with Crippen molar-refractivity contribution < 1.29 is 19.4 Å². The van der Waals surface area contributed by atoms with Crippen LogP contribution < -0.4 is 4.90 Å². The Morgan fingerprint density at radius 1 is 1.25 bits per heavy atom. The number of carbonyl (C=O) groups is 1. The van der Waals surface area contributed by atoms with Crippen LogP contribution in [0.3, 0.4) is 0 Å². The number of hydrogen-bond acceptors (Lipinski definition) is 4. The lowest BCUT2D eigenvalue weighted by Gasteiger charge is -2.39. The van der Waals surface area contributed by atoms with Crippen LogP contribution in [0, 0.1) is 0 Å². The van der Waals surface area contributed by atoms with Gasteiger partial charge in [-0.15, -0.1) is 0 Å². The summed E-state index contributed by atoms with van der Waals surface area (Å²) >= 11 is 5.99. The molecule has 0 atom stereocenters. The van der Waals surface area contributed by atoms with Gasteiger partial charge in [0.2, 0.25) is 0 Å². The highest BCUT2D eigenvalue weighted by molar-refractivity contribution is 6.31. The Bertz CT molecular complexity index is 518. The average Bonchev–Trinajstić information content (AvgIpc) is 2.87. The third-order valence-corrected chi connectivity index (χ3v) is 4.10. The van der Waals surface area contributed by atoms with E-state index in [0.29, 0.717) is 37.0 Å². The minimum atomic E-state index is -0.940. The zero-order valence-electron chi connectivity index (χ0n) is 11.0. The normalized spacial score (nSPS) is 21.4. The quantitative estimate of drug-likeness (QED) is 0.908. The molecule has 0 amide bonds. The minimum absolute atomic E-state index is 0.276. The molecular weight excluding hydrogens is 282 g/mol. The van der Waals surface area contributed by atoms with Crippen molar-refractivity contribution in [2.24, 2.45) is 0 Å². The maximum atomic E-state index is 11.3. The van der Waals surface area contributed by atoms with Gasteiger partial charge in [0.25, 0.3) is 0 Å². The Morgan fingerprint density at radius 3 is 2.50 bits per heavy atom. The number of nitrogens with zero attached hydrogens (tertiary/aromatic N) is 1. The van der Waals surface area contributed by atoms with Gasteiger partial charge in [-0.3, -0.25) is 0 Å². The Morgan fingerprint density at radius 2 is 1.90 bits per heavy atom. The first-order chi connectivity index (χ1) is 9.60. The third-order valence-electron chi connectivity index (χ3n) is 3.87. The predicted molar refractivity (Wildman–Crippen MR) is 74.5 cm³/mol.